The number of hydrogen-bond donors (Lipinski definition) is 3. The lowest BCUT2D eigenvalue weighted by Crippen LogP contribution is -2.37. The topological polar surface area (TPSA) is 190 Å². The van der Waals surface area contributed by atoms with Crippen LogP contribution in [0, 0.1) is 0 Å². The summed E-state index contributed by atoms with van der Waals surface area (Å²) in [6, 6.07) is 22.8. The first-order chi connectivity index (χ1) is 30.4. The van der Waals surface area contributed by atoms with E-state index in [-0.39, 0.29) is 5.56 Å². The predicted molar refractivity (Wildman–Crippen MR) is 242 cm³/mol. The fourth-order valence-electron chi connectivity index (χ4n) is 6.22. The van der Waals surface area contributed by atoms with Crippen LogP contribution in [0.15, 0.2) is 110 Å². The SMILES string of the molecule is CC.CC.CCOC(=O)c1cncc(-c2cnc(Nc3ccccc3)nc2N2CCOCC2)c1.O=C(O)c1cncc(-c2cnc(Nc3ccccc3)nc2N2CCOCC2)c1. The number of carbonyl (C=O) groups is 2. The molecule has 2 fully saturated rings. The van der Waals surface area contributed by atoms with E-state index in [1.54, 1.807) is 43.8 Å². The number of benzene rings is 2. The van der Waals surface area contributed by atoms with Gasteiger partial charge in [-0.05, 0) is 43.3 Å². The van der Waals surface area contributed by atoms with Gasteiger partial charge in [0.2, 0.25) is 11.9 Å². The van der Waals surface area contributed by atoms with Crippen LogP contribution in [0.5, 0.6) is 0 Å². The second-order valence-electron chi connectivity index (χ2n) is 13.0. The van der Waals surface area contributed by atoms with E-state index in [1.807, 2.05) is 88.4 Å². The molecule has 0 amide bonds. The van der Waals surface area contributed by atoms with Crippen molar-refractivity contribution in [2.45, 2.75) is 34.6 Å². The van der Waals surface area contributed by atoms with Gasteiger partial charge in [-0.15, -0.1) is 0 Å². The average molecular weight is 843 g/mol. The minimum atomic E-state index is -1.02. The fourth-order valence-corrected chi connectivity index (χ4v) is 6.22. The first kappa shape index (κ1) is 46.0. The summed E-state index contributed by atoms with van der Waals surface area (Å²) in [6.45, 7) is 15.4. The summed E-state index contributed by atoms with van der Waals surface area (Å²) in [4.78, 5) is 54.4. The smallest absolute Gasteiger partial charge is 0.339 e. The molecule has 16 heteroatoms. The van der Waals surface area contributed by atoms with Crippen molar-refractivity contribution in [2.75, 3.05) is 79.6 Å². The van der Waals surface area contributed by atoms with Gasteiger partial charge >= 0.3 is 11.9 Å². The van der Waals surface area contributed by atoms with Crippen molar-refractivity contribution < 1.29 is 28.9 Å². The lowest BCUT2D eigenvalue weighted by molar-refractivity contribution is 0.0525. The van der Waals surface area contributed by atoms with E-state index in [0.717, 1.165) is 52.8 Å². The highest BCUT2D eigenvalue weighted by atomic mass is 16.5. The maximum Gasteiger partial charge on any atom is 0.339 e. The van der Waals surface area contributed by atoms with E-state index in [4.69, 9.17) is 24.2 Å². The van der Waals surface area contributed by atoms with Crippen LogP contribution in [0.4, 0.5) is 34.9 Å². The summed E-state index contributed by atoms with van der Waals surface area (Å²) in [5.74, 6) is 1.05. The van der Waals surface area contributed by atoms with Gasteiger partial charge in [-0.1, -0.05) is 64.1 Å². The molecule has 0 bridgehead atoms. The van der Waals surface area contributed by atoms with Crippen LogP contribution in [-0.2, 0) is 14.2 Å². The number of anilines is 6. The van der Waals surface area contributed by atoms with Crippen molar-refractivity contribution in [2.24, 2.45) is 0 Å². The summed E-state index contributed by atoms with van der Waals surface area (Å²) in [5.41, 5.74) is 5.26. The Morgan fingerprint density at radius 1 is 0.629 bits per heavy atom. The third-order valence-corrected chi connectivity index (χ3v) is 9.07. The van der Waals surface area contributed by atoms with Gasteiger partial charge in [0, 0.05) is 97.0 Å². The van der Waals surface area contributed by atoms with Crippen LogP contribution in [0.25, 0.3) is 22.3 Å². The predicted octanol–water partition coefficient (Wildman–Crippen LogP) is 8.16. The average Bonchev–Trinajstić information content (AvgIpc) is 3.34. The molecule has 4 aromatic heterocycles. The molecule has 2 aromatic carbocycles. The number of nitrogens with zero attached hydrogens (tertiary/aromatic N) is 8. The normalized spacial score (nSPS) is 13.1. The van der Waals surface area contributed by atoms with Gasteiger partial charge in [-0.3, -0.25) is 9.97 Å². The largest absolute Gasteiger partial charge is 0.478 e. The van der Waals surface area contributed by atoms with Gasteiger partial charge in [0.25, 0.3) is 0 Å². The highest BCUT2D eigenvalue weighted by Crippen LogP contribution is 2.32. The number of pyridine rings is 2. The first-order valence-electron chi connectivity index (χ1n) is 20.8. The van der Waals surface area contributed by atoms with Crippen molar-refractivity contribution in [1.82, 2.24) is 29.9 Å². The molecule has 0 saturated carbocycles. The van der Waals surface area contributed by atoms with E-state index in [2.05, 4.69) is 40.4 Å². The van der Waals surface area contributed by atoms with E-state index in [0.29, 0.717) is 69.1 Å². The van der Waals surface area contributed by atoms with E-state index < -0.39 is 11.9 Å². The summed E-state index contributed by atoms with van der Waals surface area (Å²) in [6.07, 6.45) is 9.62. The Morgan fingerprint density at radius 2 is 1.05 bits per heavy atom. The van der Waals surface area contributed by atoms with Crippen LogP contribution in [0.2, 0.25) is 0 Å². The minimum absolute atomic E-state index is 0.122. The zero-order chi connectivity index (χ0) is 44.1. The Hall–Kier alpha value is -7.04. The summed E-state index contributed by atoms with van der Waals surface area (Å²) < 4.78 is 16.1. The lowest BCUT2D eigenvalue weighted by Gasteiger charge is -2.29. The van der Waals surface area contributed by atoms with Gasteiger partial charge < -0.3 is 39.8 Å². The van der Waals surface area contributed by atoms with Crippen LogP contribution >= 0.6 is 0 Å². The van der Waals surface area contributed by atoms with Crippen molar-refractivity contribution in [1.29, 1.82) is 0 Å². The molecule has 0 aliphatic carbocycles. The molecule has 324 valence electrons. The quantitative estimate of drug-likeness (QED) is 0.106. The third kappa shape index (κ3) is 12.7. The zero-order valence-corrected chi connectivity index (χ0v) is 35.8. The van der Waals surface area contributed by atoms with E-state index in [9.17, 15) is 14.7 Å². The van der Waals surface area contributed by atoms with Crippen LogP contribution in [0.3, 0.4) is 0 Å². The number of carboxylic acids is 1. The summed E-state index contributed by atoms with van der Waals surface area (Å²) in [7, 11) is 0. The molecule has 0 unspecified atom stereocenters. The molecule has 2 aliphatic rings. The molecule has 0 atom stereocenters. The minimum Gasteiger partial charge on any atom is -0.478 e. The number of rotatable bonds is 11. The second-order valence-corrected chi connectivity index (χ2v) is 13.0. The van der Waals surface area contributed by atoms with Crippen molar-refractivity contribution in [3.8, 4) is 22.3 Å². The Balaban J connectivity index is 0.000000217. The van der Waals surface area contributed by atoms with E-state index in [1.165, 1.54) is 12.4 Å². The monoisotopic (exact) mass is 842 g/mol. The molecule has 2 saturated heterocycles. The Labute approximate surface area is 362 Å². The number of esters is 1. The number of ether oxygens (including phenoxy) is 3. The number of hydrogen-bond acceptors (Lipinski definition) is 15. The number of morpholine rings is 2. The number of aromatic carboxylic acids is 1. The molecule has 62 heavy (non-hydrogen) atoms. The van der Waals surface area contributed by atoms with Crippen LogP contribution < -0.4 is 20.4 Å². The summed E-state index contributed by atoms with van der Waals surface area (Å²) in [5, 5.41) is 15.7. The van der Waals surface area contributed by atoms with Gasteiger partial charge in [-0.25, -0.2) is 19.6 Å². The molecule has 6 heterocycles. The van der Waals surface area contributed by atoms with Gasteiger partial charge in [0.15, 0.2) is 0 Å². The van der Waals surface area contributed by atoms with Crippen molar-refractivity contribution in [3.05, 3.63) is 121 Å². The Bertz CT molecular complexity index is 2310. The Kier molecular flexibility index (Phi) is 18.0. The molecule has 6 aromatic rings. The van der Waals surface area contributed by atoms with Gasteiger partial charge in [-0.2, -0.15) is 9.97 Å². The maximum absolute atomic E-state index is 12.1. The number of aromatic nitrogens is 6. The van der Waals surface area contributed by atoms with Gasteiger partial charge in [0.05, 0.1) is 44.2 Å². The molecular weight excluding hydrogens is 789 g/mol. The number of carbonyl (C=O) groups excluding carboxylic acids is 1. The molecule has 16 nitrogen and oxygen atoms in total. The van der Waals surface area contributed by atoms with Crippen molar-refractivity contribution >= 4 is 46.8 Å². The lowest BCUT2D eigenvalue weighted by atomic mass is 10.1. The third-order valence-electron chi connectivity index (χ3n) is 9.07. The highest BCUT2D eigenvalue weighted by molar-refractivity contribution is 5.91. The Morgan fingerprint density at radius 3 is 1.47 bits per heavy atom. The number of para-hydroxylation sites is 2. The first-order valence-corrected chi connectivity index (χ1v) is 20.8. The number of nitrogens with one attached hydrogen (secondary N) is 2. The standard InChI is InChI=1S/C22H23N5O3.C20H19N5O3.2C2H6/c1-2-30-21(28)17-12-16(13-23-14-17)19-15-24-22(25-18-6-4-3-5-7-18)26-20(19)27-8-10-29-11-9-27;26-19(27)15-10-14(11-21-12-15)17-13-22-20(23-16-4-2-1-3-5-16)24-18(17)25-6-8-28-9-7-25;2*1-2/h3-7,12-15H,2,8-11H2,1H3,(H,24,25,26);1-5,10-13H,6-9H2,(H,26,27)(H,22,23,24);2*1-2H3. The maximum atomic E-state index is 12.1. The molecule has 3 N–H and O–H groups in total. The molecule has 0 radical (unpaired) electrons. The molecule has 0 spiro atoms. The zero-order valence-electron chi connectivity index (χ0n) is 35.8. The second kappa shape index (κ2) is 24.3. The fraction of sp³-hybridized carbons (Fsp3) is 0.304. The molecule has 8 rings (SSSR count). The number of carboxylic acid groups (broad SMARTS) is 1. The van der Waals surface area contributed by atoms with Crippen LogP contribution in [-0.4, -0.2) is 106 Å². The molecule has 2 aliphatic heterocycles. The highest BCUT2D eigenvalue weighted by Gasteiger charge is 2.22. The molecular formula is C46H54N10O6. The van der Waals surface area contributed by atoms with Crippen LogP contribution in [0.1, 0.15) is 55.3 Å². The summed E-state index contributed by atoms with van der Waals surface area (Å²) >= 11 is 0. The van der Waals surface area contributed by atoms with Crippen molar-refractivity contribution in [3.63, 3.8) is 0 Å². The van der Waals surface area contributed by atoms with Gasteiger partial charge in [0.1, 0.15) is 11.6 Å². The van der Waals surface area contributed by atoms with E-state index >= 15 is 0 Å².